The van der Waals surface area contributed by atoms with Crippen LogP contribution in [0.2, 0.25) is 0 Å². The number of urea groups is 1. The van der Waals surface area contributed by atoms with Gasteiger partial charge in [-0.3, -0.25) is 0 Å². The molecule has 0 radical (unpaired) electrons. The number of amides is 2. The van der Waals surface area contributed by atoms with Crippen molar-refractivity contribution in [1.82, 2.24) is 10.2 Å². The molecule has 0 unspecified atom stereocenters. The van der Waals surface area contributed by atoms with Gasteiger partial charge in [0.2, 0.25) is 0 Å². The summed E-state index contributed by atoms with van der Waals surface area (Å²) >= 11 is 0. The number of unbranched alkanes of at least 4 members (excludes halogenated alkanes) is 2. The van der Waals surface area contributed by atoms with Gasteiger partial charge in [0.05, 0.1) is 0 Å². The molecule has 0 aliphatic heterocycles. The van der Waals surface area contributed by atoms with Crippen molar-refractivity contribution in [3.05, 3.63) is 0 Å². The third-order valence-electron chi connectivity index (χ3n) is 2.06. The first-order valence-electron chi connectivity index (χ1n) is 5.22. The molecule has 3 nitrogen and oxygen atoms in total. The second-order valence-corrected chi connectivity index (χ2v) is 3.25. The van der Waals surface area contributed by atoms with E-state index >= 15 is 0 Å². The lowest BCUT2D eigenvalue weighted by Crippen LogP contribution is -2.39. The summed E-state index contributed by atoms with van der Waals surface area (Å²) in [4.78, 5) is 13.2. The monoisotopic (exact) mass is 186 g/mol. The van der Waals surface area contributed by atoms with Gasteiger partial charge in [-0.05, 0) is 12.8 Å². The zero-order valence-corrected chi connectivity index (χ0v) is 9.10. The van der Waals surface area contributed by atoms with Gasteiger partial charge in [-0.25, -0.2) is 4.79 Å². The predicted molar refractivity (Wildman–Crippen MR) is 55.8 cm³/mol. The lowest BCUT2D eigenvalue weighted by Gasteiger charge is -2.21. The topological polar surface area (TPSA) is 32.3 Å². The van der Waals surface area contributed by atoms with Crippen molar-refractivity contribution < 1.29 is 4.79 Å². The van der Waals surface area contributed by atoms with E-state index < -0.39 is 0 Å². The summed E-state index contributed by atoms with van der Waals surface area (Å²) in [5.74, 6) is 0. The van der Waals surface area contributed by atoms with Crippen LogP contribution in [-0.2, 0) is 0 Å². The molecule has 0 saturated heterocycles. The van der Waals surface area contributed by atoms with E-state index in [9.17, 15) is 4.79 Å². The van der Waals surface area contributed by atoms with Crippen LogP contribution in [0.15, 0.2) is 0 Å². The molecule has 0 bridgehead atoms. The van der Waals surface area contributed by atoms with Crippen LogP contribution in [0.3, 0.4) is 0 Å². The molecule has 0 aromatic heterocycles. The van der Waals surface area contributed by atoms with Crippen molar-refractivity contribution >= 4 is 6.03 Å². The van der Waals surface area contributed by atoms with Gasteiger partial charge in [-0.1, -0.05) is 26.7 Å². The fraction of sp³-hybridized carbons (Fsp3) is 0.900. The highest BCUT2D eigenvalue weighted by atomic mass is 16.2. The number of carbonyl (C=O) groups is 1. The highest BCUT2D eigenvalue weighted by Crippen LogP contribution is 1.99. The van der Waals surface area contributed by atoms with Crippen molar-refractivity contribution in [1.29, 1.82) is 0 Å². The number of rotatable bonds is 6. The standard InChI is InChI=1S/C10H22N2O/c1-4-6-8-12(9-7-5-2)10(13)11-3/h4-9H2,1-3H3,(H,11,13). The average Bonchev–Trinajstić information content (AvgIpc) is 2.17. The summed E-state index contributed by atoms with van der Waals surface area (Å²) in [6.45, 7) is 6.05. The molecule has 1 N–H and O–H groups in total. The predicted octanol–water partition coefficient (Wildman–Crippen LogP) is 2.23. The molecule has 0 aliphatic carbocycles. The van der Waals surface area contributed by atoms with E-state index in [1.165, 1.54) is 0 Å². The van der Waals surface area contributed by atoms with Crippen molar-refractivity contribution in [2.45, 2.75) is 39.5 Å². The van der Waals surface area contributed by atoms with E-state index in [1.54, 1.807) is 7.05 Å². The van der Waals surface area contributed by atoms with Crippen LogP contribution < -0.4 is 5.32 Å². The quantitative estimate of drug-likeness (QED) is 0.678. The second-order valence-electron chi connectivity index (χ2n) is 3.25. The maximum absolute atomic E-state index is 11.3. The van der Waals surface area contributed by atoms with Crippen LogP contribution in [0.25, 0.3) is 0 Å². The van der Waals surface area contributed by atoms with E-state index in [-0.39, 0.29) is 6.03 Å². The van der Waals surface area contributed by atoms with E-state index in [1.807, 2.05) is 4.90 Å². The Morgan fingerprint density at radius 3 is 1.92 bits per heavy atom. The summed E-state index contributed by atoms with van der Waals surface area (Å²) in [6.07, 6.45) is 4.47. The molecular formula is C10H22N2O. The van der Waals surface area contributed by atoms with Crippen molar-refractivity contribution in [2.75, 3.05) is 20.1 Å². The van der Waals surface area contributed by atoms with Gasteiger partial charge < -0.3 is 10.2 Å². The fourth-order valence-electron chi connectivity index (χ4n) is 1.17. The highest BCUT2D eigenvalue weighted by molar-refractivity contribution is 5.73. The molecular weight excluding hydrogens is 164 g/mol. The van der Waals surface area contributed by atoms with E-state index in [2.05, 4.69) is 19.2 Å². The summed E-state index contributed by atoms with van der Waals surface area (Å²) < 4.78 is 0. The molecule has 3 heteroatoms. The summed E-state index contributed by atoms with van der Waals surface area (Å²) in [5.41, 5.74) is 0. The first kappa shape index (κ1) is 12.3. The molecule has 78 valence electrons. The minimum Gasteiger partial charge on any atom is -0.341 e. The van der Waals surface area contributed by atoms with Crippen LogP contribution in [0, 0.1) is 0 Å². The van der Waals surface area contributed by atoms with E-state index in [0.29, 0.717) is 0 Å². The van der Waals surface area contributed by atoms with Gasteiger partial charge in [0.15, 0.2) is 0 Å². The van der Waals surface area contributed by atoms with Crippen LogP contribution >= 0.6 is 0 Å². The minimum atomic E-state index is 0.0573. The lowest BCUT2D eigenvalue weighted by atomic mass is 10.3. The van der Waals surface area contributed by atoms with Crippen LogP contribution in [0.5, 0.6) is 0 Å². The first-order chi connectivity index (χ1) is 6.26. The van der Waals surface area contributed by atoms with Crippen LogP contribution in [0.1, 0.15) is 39.5 Å². The normalized spacial score (nSPS) is 9.77. The molecule has 0 fully saturated rings. The zero-order valence-electron chi connectivity index (χ0n) is 9.10. The Kier molecular flexibility index (Phi) is 7.45. The smallest absolute Gasteiger partial charge is 0.317 e. The number of hydrogen-bond acceptors (Lipinski definition) is 1. The largest absolute Gasteiger partial charge is 0.341 e. The van der Waals surface area contributed by atoms with Crippen LogP contribution in [-0.4, -0.2) is 31.1 Å². The van der Waals surface area contributed by atoms with Gasteiger partial charge in [0.1, 0.15) is 0 Å². The fourth-order valence-corrected chi connectivity index (χ4v) is 1.17. The molecule has 0 aromatic rings. The molecule has 2 amide bonds. The summed E-state index contributed by atoms with van der Waals surface area (Å²) in [6, 6.07) is 0.0573. The average molecular weight is 186 g/mol. The van der Waals surface area contributed by atoms with Crippen LogP contribution in [0.4, 0.5) is 4.79 Å². The van der Waals surface area contributed by atoms with E-state index in [0.717, 1.165) is 38.8 Å². The number of hydrogen-bond donors (Lipinski definition) is 1. The zero-order chi connectivity index (χ0) is 10.1. The second kappa shape index (κ2) is 7.90. The molecule has 0 rings (SSSR count). The van der Waals surface area contributed by atoms with Gasteiger partial charge in [-0.2, -0.15) is 0 Å². The van der Waals surface area contributed by atoms with Crippen molar-refractivity contribution in [3.8, 4) is 0 Å². The first-order valence-corrected chi connectivity index (χ1v) is 5.22. The van der Waals surface area contributed by atoms with Crippen molar-refractivity contribution in [2.24, 2.45) is 0 Å². The minimum absolute atomic E-state index is 0.0573. The Morgan fingerprint density at radius 1 is 1.15 bits per heavy atom. The Morgan fingerprint density at radius 2 is 1.62 bits per heavy atom. The number of nitrogens with zero attached hydrogens (tertiary/aromatic N) is 1. The lowest BCUT2D eigenvalue weighted by molar-refractivity contribution is 0.198. The number of nitrogens with one attached hydrogen (secondary N) is 1. The molecule has 0 aromatic carbocycles. The Balaban J connectivity index is 3.79. The Bertz CT molecular complexity index is 129. The van der Waals surface area contributed by atoms with Crippen molar-refractivity contribution in [3.63, 3.8) is 0 Å². The van der Waals surface area contributed by atoms with Gasteiger partial charge >= 0.3 is 6.03 Å². The highest BCUT2D eigenvalue weighted by Gasteiger charge is 2.08. The summed E-state index contributed by atoms with van der Waals surface area (Å²) in [7, 11) is 1.69. The molecule has 0 aliphatic rings. The summed E-state index contributed by atoms with van der Waals surface area (Å²) in [5, 5.41) is 2.67. The molecule has 0 atom stereocenters. The number of carbonyl (C=O) groups excluding carboxylic acids is 1. The van der Waals surface area contributed by atoms with E-state index in [4.69, 9.17) is 0 Å². The third-order valence-corrected chi connectivity index (χ3v) is 2.06. The Hall–Kier alpha value is -0.730. The third kappa shape index (κ3) is 5.50. The Labute approximate surface area is 81.5 Å². The molecule has 0 heterocycles. The molecule has 0 saturated carbocycles. The van der Waals surface area contributed by atoms with Gasteiger partial charge in [0.25, 0.3) is 0 Å². The maximum Gasteiger partial charge on any atom is 0.317 e. The SMILES string of the molecule is CCCCN(CCCC)C(=O)NC. The van der Waals surface area contributed by atoms with Gasteiger partial charge in [-0.15, -0.1) is 0 Å². The molecule has 0 spiro atoms. The maximum atomic E-state index is 11.3. The van der Waals surface area contributed by atoms with Gasteiger partial charge in [0, 0.05) is 20.1 Å². The molecule has 13 heavy (non-hydrogen) atoms.